The highest BCUT2D eigenvalue weighted by atomic mass is 16.4. The Balaban J connectivity index is 3.49. The first-order valence-electron chi connectivity index (χ1n) is 2.80. The first kappa shape index (κ1) is 8.90. The van der Waals surface area contributed by atoms with Crippen molar-refractivity contribution in [1.82, 2.24) is 0 Å². The van der Waals surface area contributed by atoms with Crippen LogP contribution in [-0.2, 0) is 9.59 Å². The Morgan fingerprint density at radius 3 is 2.30 bits per heavy atom. The Hall–Kier alpha value is -1.10. The summed E-state index contributed by atoms with van der Waals surface area (Å²) in [5, 5.41) is 8.22. The maximum absolute atomic E-state index is 10.1. The fourth-order valence-electron chi connectivity index (χ4n) is 0.421. The van der Waals surface area contributed by atoms with Gasteiger partial charge >= 0.3 is 5.97 Å². The molecule has 0 aromatic rings. The zero-order valence-corrected chi connectivity index (χ0v) is 5.41. The third kappa shape index (κ3) is 3.85. The van der Waals surface area contributed by atoms with E-state index in [4.69, 9.17) is 16.6 Å². The first-order valence-corrected chi connectivity index (χ1v) is 2.80. The molecule has 0 aliphatic rings. The van der Waals surface area contributed by atoms with Crippen LogP contribution in [0.3, 0.4) is 0 Å². The molecule has 0 aromatic heterocycles. The number of carbonyl (C=O) groups excluding carboxylic acids is 1. The van der Waals surface area contributed by atoms with Crippen molar-refractivity contribution in [3.05, 3.63) is 0 Å². The molecular weight excluding hydrogens is 137 g/mol. The van der Waals surface area contributed by atoms with Gasteiger partial charge in [-0.1, -0.05) is 0 Å². The van der Waals surface area contributed by atoms with Gasteiger partial charge in [0.2, 0.25) is 5.91 Å². The van der Waals surface area contributed by atoms with Crippen molar-refractivity contribution in [3.63, 3.8) is 0 Å². The van der Waals surface area contributed by atoms with Gasteiger partial charge in [0, 0.05) is 6.42 Å². The molecule has 5 N–H and O–H groups in total. The molecule has 1 amide bonds. The molecule has 0 heterocycles. The quantitative estimate of drug-likeness (QED) is 0.428. The molecule has 58 valence electrons. The molecule has 0 aromatic carbocycles. The molecule has 0 fully saturated rings. The smallest absolute Gasteiger partial charge is 0.320 e. The van der Waals surface area contributed by atoms with Crippen molar-refractivity contribution in [2.45, 2.75) is 18.9 Å². The van der Waals surface area contributed by atoms with Crippen molar-refractivity contribution in [2.24, 2.45) is 11.5 Å². The molecular formula is C5H10N2O3. The topological polar surface area (TPSA) is 106 Å². The normalized spacial score (nSPS) is 12.5. The maximum atomic E-state index is 10.1. The Morgan fingerprint density at radius 1 is 1.50 bits per heavy atom. The number of aliphatic carboxylic acids is 1. The van der Waals surface area contributed by atoms with Gasteiger partial charge in [0.1, 0.15) is 6.04 Å². The maximum Gasteiger partial charge on any atom is 0.320 e. The number of rotatable bonds is 4. The molecule has 0 aliphatic carbocycles. The minimum atomic E-state index is -1.11. The molecule has 0 radical (unpaired) electrons. The van der Waals surface area contributed by atoms with Gasteiger partial charge in [-0.15, -0.1) is 0 Å². The summed E-state index contributed by atoms with van der Waals surface area (Å²) in [6, 6.07) is -0.979. The van der Waals surface area contributed by atoms with Gasteiger partial charge in [0.15, 0.2) is 0 Å². The summed E-state index contributed by atoms with van der Waals surface area (Å²) in [4.78, 5) is 20.1. The van der Waals surface area contributed by atoms with E-state index in [-0.39, 0.29) is 12.8 Å². The highest BCUT2D eigenvalue weighted by molar-refractivity contribution is 5.76. The summed E-state index contributed by atoms with van der Waals surface area (Å²) < 4.78 is 0. The second-order valence-corrected chi connectivity index (χ2v) is 1.95. The summed E-state index contributed by atoms with van der Waals surface area (Å²) in [5.41, 5.74) is 9.81. The zero-order chi connectivity index (χ0) is 8.15. The van der Waals surface area contributed by atoms with E-state index in [1.807, 2.05) is 0 Å². The van der Waals surface area contributed by atoms with Crippen LogP contribution in [0.15, 0.2) is 0 Å². The van der Waals surface area contributed by atoms with Crippen LogP contribution < -0.4 is 11.5 Å². The summed E-state index contributed by atoms with van der Waals surface area (Å²) in [6.45, 7) is 0. The predicted octanol–water partition coefficient (Wildman–Crippen LogP) is -1.34. The highest BCUT2D eigenvalue weighted by Gasteiger charge is 2.11. The van der Waals surface area contributed by atoms with Crippen molar-refractivity contribution in [1.29, 1.82) is 0 Å². The number of carbonyl (C=O) groups is 2. The number of carboxylic acid groups (broad SMARTS) is 1. The Bertz CT molecular complexity index is 146. The van der Waals surface area contributed by atoms with Crippen molar-refractivity contribution in [3.8, 4) is 0 Å². The van der Waals surface area contributed by atoms with Crippen LogP contribution in [0, 0.1) is 0 Å². The standard InChI is InChI=1S/C5H10N2O3/c6-3(5(9)10)1-2-4(7)8/h3H,1-2,6H2,(H2,7,8)(H,9,10)/t3-/m0/s1/i1+1. The lowest BCUT2D eigenvalue weighted by Gasteiger charge is -2.01. The van der Waals surface area contributed by atoms with Gasteiger partial charge in [0.05, 0.1) is 0 Å². The van der Waals surface area contributed by atoms with E-state index >= 15 is 0 Å². The van der Waals surface area contributed by atoms with E-state index in [0.29, 0.717) is 0 Å². The lowest BCUT2D eigenvalue weighted by molar-refractivity contribution is -0.138. The van der Waals surface area contributed by atoms with E-state index in [1.54, 1.807) is 0 Å². The fraction of sp³-hybridized carbons (Fsp3) is 0.600. The number of amides is 1. The minimum absolute atomic E-state index is 0.0213. The Morgan fingerprint density at radius 2 is 2.00 bits per heavy atom. The van der Waals surface area contributed by atoms with Crippen LogP contribution in [0.1, 0.15) is 12.8 Å². The molecule has 0 saturated heterocycles. The lowest BCUT2D eigenvalue weighted by Crippen LogP contribution is -2.31. The minimum Gasteiger partial charge on any atom is -0.480 e. The van der Waals surface area contributed by atoms with Crippen molar-refractivity contribution in [2.75, 3.05) is 0 Å². The Kier molecular flexibility index (Phi) is 3.42. The van der Waals surface area contributed by atoms with Crippen molar-refractivity contribution >= 4 is 11.9 Å². The average Bonchev–Trinajstić information content (AvgIpc) is 1.82. The molecule has 10 heavy (non-hydrogen) atoms. The van der Waals surface area contributed by atoms with Gasteiger partial charge < -0.3 is 16.6 Å². The van der Waals surface area contributed by atoms with Gasteiger partial charge in [-0.3, -0.25) is 9.59 Å². The Labute approximate surface area is 58.0 Å². The molecule has 5 nitrogen and oxygen atoms in total. The third-order valence-electron chi connectivity index (χ3n) is 1.02. The van der Waals surface area contributed by atoms with E-state index in [9.17, 15) is 9.59 Å². The largest absolute Gasteiger partial charge is 0.480 e. The van der Waals surface area contributed by atoms with Crippen LogP contribution in [0.5, 0.6) is 0 Å². The monoisotopic (exact) mass is 147 g/mol. The fourth-order valence-corrected chi connectivity index (χ4v) is 0.421. The average molecular weight is 147 g/mol. The van der Waals surface area contributed by atoms with E-state index < -0.39 is 17.9 Å². The van der Waals surface area contributed by atoms with Crippen LogP contribution in [-0.4, -0.2) is 23.0 Å². The third-order valence-corrected chi connectivity index (χ3v) is 1.02. The van der Waals surface area contributed by atoms with Crippen LogP contribution in [0.25, 0.3) is 0 Å². The molecule has 0 rings (SSSR count). The van der Waals surface area contributed by atoms with Gasteiger partial charge in [0.25, 0.3) is 0 Å². The highest BCUT2D eigenvalue weighted by Crippen LogP contribution is 1.92. The van der Waals surface area contributed by atoms with E-state index in [1.165, 1.54) is 0 Å². The van der Waals surface area contributed by atoms with E-state index in [0.717, 1.165) is 0 Å². The number of nitrogens with two attached hydrogens (primary N) is 2. The molecule has 0 unspecified atom stereocenters. The number of hydrogen-bond acceptors (Lipinski definition) is 3. The molecule has 0 aliphatic heterocycles. The molecule has 0 bridgehead atoms. The van der Waals surface area contributed by atoms with Crippen LogP contribution in [0.4, 0.5) is 0 Å². The van der Waals surface area contributed by atoms with Crippen LogP contribution in [0.2, 0.25) is 0 Å². The summed E-state index contributed by atoms with van der Waals surface area (Å²) in [5.74, 6) is -1.64. The summed E-state index contributed by atoms with van der Waals surface area (Å²) in [6.07, 6.45) is 0.123. The number of carboxylic acids is 1. The van der Waals surface area contributed by atoms with Crippen molar-refractivity contribution < 1.29 is 14.7 Å². The van der Waals surface area contributed by atoms with Gasteiger partial charge in [-0.05, 0) is 6.42 Å². The summed E-state index contributed by atoms with van der Waals surface area (Å²) in [7, 11) is 0. The number of hydrogen-bond donors (Lipinski definition) is 3. The SMILES string of the molecule is NC(=O)C[13CH2][C@H](N)C(=O)O. The molecule has 0 saturated carbocycles. The molecule has 5 heteroatoms. The van der Waals surface area contributed by atoms with Gasteiger partial charge in [-0.2, -0.15) is 0 Å². The first-order chi connectivity index (χ1) is 4.54. The predicted molar refractivity (Wildman–Crippen MR) is 34.0 cm³/mol. The molecule has 0 spiro atoms. The second kappa shape index (κ2) is 3.84. The second-order valence-electron chi connectivity index (χ2n) is 1.95. The summed E-state index contributed by atoms with van der Waals surface area (Å²) >= 11 is 0. The lowest BCUT2D eigenvalue weighted by atomic mass is 10.4. The molecule has 1 atom stereocenters. The zero-order valence-electron chi connectivity index (χ0n) is 5.41. The van der Waals surface area contributed by atoms with E-state index in [2.05, 4.69) is 0 Å². The van der Waals surface area contributed by atoms with Gasteiger partial charge in [-0.25, -0.2) is 0 Å². The number of primary amides is 1. The van der Waals surface area contributed by atoms with Crippen LogP contribution >= 0.6 is 0 Å².